The maximum absolute atomic E-state index is 6.08. The van der Waals surface area contributed by atoms with E-state index in [1.807, 2.05) is 48.1 Å². The van der Waals surface area contributed by atoms with Crippen molar-refractivity contribution in [3.63, 3.8) is 0 Å². The molecule has 34 heavy (non-hydrogen) atoms. The van der Waals surface area contributed by atoms with Gasteiger partial charge in [0.2, 0.25) is 0 Å². The van der Waals surface area contributed by atoms with E-state index in [0.29, 0.717) is 18.5 Å². The highest BCUT2D eigenvalue weighted by Crippen LogP contribution is 2.28. The van der Waals surface area contributed by atoms with Crippen LogP contribution in [-0.4, -0.2) is 34.4 Å². The Morgan fingerprint density at radius 3 is 2.71 bits per heavy atom. The normalized spacial score (nSPS) is 11.7. The zero-order valence-electron chi connectivity index (χ0n) is 20.0. The Hall–Kier alpha value is -2.94. The number of halogens is 1. The first-order chi connectivity index (χ1) is 16.3. The fourth-order valence-electron chi connectivity index (χ4n) is 3.40. The average molecular weight is 496 g/mol. The van der Waals surface area contributed by atoms with E-state index in [1.54, 1.807) is 18.5 Å². The van der Waals surface area contributed by atoms with Gasteiger partial charge in [0.25, 0.3) is 0 Å². The highest BCUT2D eigenvalue weighted by molar-refractivity contribution is 6.76. The molecule has 1 aromatic carbocycles. The summed E-state index contributed by atoms with van der Waals surface area (Å²) in [4.78, 5) is 8.58. The van der Waals surface area contributed by atoms with Crippen molar-refractivity contribution in [3.8, 4) is 5.75 Å². The molecule has 3 aromatic heterocycles. The standard InChI is InChI=1S/C25H30ClN5O2Si/c1-18-20(15-31(30-18)17-32-11-12-34(2,3)4)16-33-22-6-7-23-19(13-22)9-10-27-25(23)29-21-5-8-24(26)28-14-21/h5-10,13-15H,11-12,16-17H2,1-4H3,(H,27,29). The number of rotatable bonds is 10. The van der Waals surface area contributed by atoms with Gasteiger partial charge in [-0.1, -0.05) is 31.2 Å². The summed E-state index contributed by atoms with van der Waals surface area (Å²) in [5, 5.41) is 10.3. The average Bonchev–Trinajstić information content (AvgIpc) is 3.15. The Bertz CT molecular complexity index is 1250. The third kappa shape index (κ3) is 6.56. The third-order valence-corrected chi connectivity index (χ3v) is 7.32. The maximum atomic E-state index is 6.08. The van der Waals surface area contributed by atoms with Gasteiger partial charge in [-0.05, 0) is 54.8 Å². The van der Waals surface area contributed by atoms with Crippen LogP contribution in [0.1, 0.15) is 11.3 Å². The molecule has 0 aliphatic rings. The van der Waals surface area contributed by atoms with Crippen LogP contribution in [0, 0.1) is 6.92 Å². The number of nitrogens with zero attached hydrogens (tertiary/aromatic N) is 4. The van der Waals surface area contributed by atoms with Crippen molar-refractivity contribution in [1.29, 1.82) is 0 Å². The molecular formula is C25H30ClN5O2Si. The number of aryl methyl sites for hydroxylation is 1. The lowest BCUT2D eigenvalue weighted by atomic mass is 10.1. The van der Waals surface area contributed by atoms with E-state index in [-0.39, 0.29) is 0 Å². The Balaban J connectivity index is 1.38. The Kier molecular flexibility index (Phi) is 7.50. The molecule has 0 aliphatic heterocycles. The predicted molar refractivity (Wildman–Crippen MR) is 140 cm³/mol. The van der Waals surface area contributed by atoms with Crippen LogP contribution in [0.4, 0.5) is 11.5 Å². The highest BCUT2D eigenvalue weighted by Gasteiger charge is 2.13. The van der Waals surface area contributed by atoms with E-state index in [4.69, 9.17) is 21.1 Å². The summed E-state index contributed by atoms with van der Waals surface area (Å²) < 4.78 is 13.7. The molecule has 9 heteroatoms. The van der Waals surface area contributed by atoms with Gasteiger partial charge in [0.15, 0.2) is 0 Å². The van der Waals surface area contributed by atoms with Crippen LogP contribution in [0.5, 0.6) is 5.75 Å². The van der Waals surface area contributed by atoms with Crippen molar-refractivity contribution in [2.75, 3.05) is 11.9 Å². The van der Waals surface area contributed by atoms with Gasteiger partial charge in [0, 0.05) is 38.0 Å². The second-order valence-corrected chi connectivity index (χ2v) is 15.5. The summed E-state index contributed by atoms with van der Waals surface area (Å²) in [6.07, 6.45) is 5.45. The zero-order valence-corrected chi connectivity index (χ0v) is 21.8. The van der Waals surface area contributed by atoms with E-state index in [2.05, 4.69) is 40.0 Å². The summed E-state index contributed by atoms with van der Waals surface area (Å²) in [5.74, 6) is 1.54. The second-order valence-electron chi connectivity index (χ2n) is 9.45. The van der Waals surface area contributed by atoms with Gasteiger partial charge in [0.1, 0.15) is 30.1 Å². The smallest absolute Gasteiger partial charge is 0.139 e. The summed E-state index contributed by atoms with van der Waals surface area (Å²) in [7, 11) is -1.09. The lowest BCUT2D eigenvalue weighted by Crippen LogP contribution is -2.22. The zero-order chi connectivity index (χ0) is 24.1. The molecule has 0 atom stereocenters. The number of hydrogen-bond donors (Lipinski definition) is 1. The number of aromatic nitrogens is 4. The van der Waals surface area contributed by atoms with Crippen molar-refractivity contribution in [3.05, 3.63) is 71.4 Å². The number of anilines is 2. The molecule has 0 amide bonds. The molecule has 3 heterocycles. The van der Waals surface area contributed by atoms with Crippen LogP contribution in [0.2, 0.25) is 30.8 Å². The molecule has 0 saturated carbocycles. The molecule has 0 bridgehead atoms. The lowest BCUT2D eigenvalue weighted by molar-refractivity contribution is 0.0783. The number of nitrogens with one attached hydrogen (secondary N) is 1. The fraction of sp³-hybridized carbons (Fsp3) is 0.320. The van der Waals surface area contributed by atoms with E-state index < -0.39 is 8.07 Å². The Morgan fingerprint density at radius 2 is 1.94 bits per heavy atom. The van der Waals surface area contributed by atoms with Crippen LogP contribution >= 0.6 is 11.6 Å². The van der Waals surface area contributed by atoms with Gasteiger partial charge in [0.05, 0.1) is 17.6 Å². The van der Waals surface area contributed by atoms with Crippen molar-refractivity contribution in [2.45, 2.75) is 45.9 Å². The molecule has 7 nitrogen and oxygen atoms in total. The first-order valence-electron chi connectivity index (χ1n) is 11.3. The topological polar surface area (TPSA) is 74.1 Å². The number of hydrogen-bond acceptors (Lipinski definition) is 6. The summed E-state index contributed by atoms with van der Waals surface area (Å²) in [5.41, 5.74) is 2.81. The van der Waals surface area contributed by atoms with Gasteiger partial charge in [-0.25, -0.2) is 14.6 Å². The molecule has 0 aliphatic carbocycles. The Labute approximate surface area is 206 Å². The van der Waals surface area contributed by atoms with Gasteiger partial charge < -0.3 is 14.8 Å². The minimum Gasteiger partial charge on any atom is -0.489 e. The summed E-state index contributed by atoms with van der Waals surface area (Å²) in [6.45, 7) is 10.7. The molecule has 1 N–H and O–H groups in total. The number of benzene rings is 1. The number of fused-ring (bicyclic) bond motifs is 1. The minimum atomic E-state index is -1.09. The Morgan fingerprint density at radius 1 is 1.09 bits per heavy atom. The number of pyridine rings is 2. The van der Waals surface area contributed by atoms with Gasteiger partial charge >= 0.3 is 0 Å². The molecule has 0 saturated heterocycles. The van der Waals surface area contributed by atoms with Crippen molar-refractivity contribution in [2.24, 2.45) is 0 Å². The molecule has 0 radical (unpaired) electrons. The maximum Gasteiger partial charge on any atom is 0.139 e. The van der Waals surface area contributed by atoms with Crippen molar-refractivity contribution < 1.29 is 9.47 Å². The molecule has 0 unspecified atom stereocenters. The summed E-state index contributed by atoms with van der Waals surface area (Å²) >= 11 is 5.88. The van der Waals surface area contributed by atoms with E-state index in [1.165, 1.54) is 0 Å². The number of ether oxygens (including phenoxy) is 2. The lowest BCUT2D eigenvalue weighted by Gasteiger charge is -2.15. The molecule has 4 aromatic rings. The largest absolute Gasteiger partial charge is 0.489 e. The highest BCUT2D eigenvalue weighted by atomic mass is 35.5. The van der Waals surface area contributed by atoms with Gasteiger partial charge in [-0.2, -0.15) is 5.10 Å². The monoisotopic (exact) mass is 495 g/mol. The van der Waals surface area contributed by atoms with Crippen LogP contribution in [-0.2, 0) is 18.1 Å². The first kappa shape index (κ1) is 24.2. The van der Waals surface area contributed by atoms with E-state index >= 15 is 0 Å². The first-order valence-corrected chi connectivity index (χ1v) is 15.4. The van der Waals surface area contributed by atoms with Crippen LogP contribution in [0.3, 0.4) is 0 Å². The summed E-state index contributed by atoms with van der Waals surface area (Å²) in [6, 6.07) is 12.7. The third-order valence-electron chi connectivity index (χ3n) is 5.39. The van der Waals surface area contributed by atoms with Crippen LogP contribution < -0.4 is 10.1 Å². The minimum absolute atomic E-state index is 0.443. The van der Waals surface area contributed by atoms with Crippen molar-refractivity contribution in [1.82, 2.24) is 19.7 Å². The molecule has 0 spiro atoms. The van der Waals surface area contributed by atoms with E-state index in [0.717, 1.165) is 51.9 Å². The van der Waals surface area contributed by atoms with E-state index in [9.17, 15) is 0 Å². The van der Waals surface area contributed by atoms with Crippen LogP contribution in [0.25, 0.3) is 10.8 Å². The van der Waals surface area contributed by atoms with Gasteiger partial charge in [-0.3, -0.25) is 0 Å². The van der Waals surface area contributed by atoms with Crippen molar-refractivity contribution >= 4 is 42.0 Å². The van der Waals surface area contributed by atoms with Gasteiger partial charge in [-0.15, -0.1) is 0 Å². The quantitative estimate of drug-likeness (QED) is 0.155. The fourth-order valence-corrected chi connectivity index (χ4v) is 4.26. The SMILES string of the molecule is Cc1nn(COCC[Si](C)(C)C)cc1COc1ccc2c(Nc3ccc(Cl)nc3)nccc2c1. The molecular weight excluding hydrogens is 466 g/mol. The second kappa shape index (κ2) is 10.5. The molecule has 178 valence electrons. The van der Waals surface area contributed by atoms with Crippen LogP contribution in [0.15, 0.2) is 55.0 Å². The molecule has 0 fully saturated rings. The predicted octanol–water partition coefficient (Wildman–Crippen LogP) is 6.42. The molecule has 4 rings (SSSR count).